The van der Waals surface area contributed by atoms with E-state index >= 15 is 0 Å². The van der Waals surface area contributed by atoms with Crippen LogP contribution in [0.3, 0.4) is 0 Å². The molecule has 0 unspecified atom stereocenters. The normalized spacial score (nSPS) is 10.6. The number of nitriles is 1. The van der Waals surface area contributed by atoms with Crippen molar-refractivity contribution in [1.82, 2.24) is 4.98 Å². The average Bonchev–Trinajstić information content (AvgIpc) is 2.85. The van der Waals surface area contributed by atoms with Gasteiger partial charge in [-0.2, -0.15) is 5.26 Å². The van der Waals surface area contributed by atoms with Gasteiger partial charge in [0.05, 0.1) is 18.5 Å². The Morgan fingerprint density at radius 2 is 1.55 bits per heavy atom. The van der Waals surface area contributed by atoms with Crippen molar-refractivity contribution in [2.75, 3.05) is 12.5 Å². The summed E-state index contributed by atoms with van der Waals surface area (Å²) < 4.78 is 5.25. The Morgan fingerprint density at radius 3 is 2.19 bits per heavy atom. The number of para-hydroxylation sites is 1. The first-order valence-corrected chi connectivity index (χ1v) is 9.65. The van der Waals surface area contributed by atoms with Crippen LogP contribution in [0.5, 0.6) is 5.75 Å². The van der Waals surface area contributed by atoms with Gasteiger partial charge in [0.2, 0.25) is 0 Å². The zero-order valence-corrected chi connectivity index (χ0v) is 16.9. The van der Waals surface area contributed by atoms with Gasteiger partial charge in [0.25, 0.3) is 0 Å². The van der Waals surface area contributed by atoms with Gasteiger partial charge < -0.3 is 4.74 Å². The van der Waals surface area contributed by atoms with Crippen molar-refractivity contribution in [3.05, 3.63) is 96.6 Å². The number of hydrogen-bond acceptors (Lipinski definition) is 5. The van der Waals surface area contributed by atoms with Gasteiger partial charge in [0.1, 0.15) is 17.4 Å². The first-order valence-electron chi connectivity index (χ1n) is 9.65. The van der Waals surface area contributed by atoms with Crippen molar-refractivity contribution in [2.45, 2.75) is 0 Å². The lowest BCUT2D eigenvalue weighted by molar-refractivity contribution is 0.415. The molecule has 0 fully saturated rings. The third-order valence-corrected chi connectivity index (χ3v) is 4.68. The molecular formula is C25H19N5O. The summed E-state index contributed by atoms with van der Waals surface area (Å²) >= 11 is 0. The lowest BCUT2D eigenvalue weighted by Crippen LogP contribution is -1.94. The molecule has 6 heteroatoms. The molecule has 0 atom stereocenters. The van der Waals surface area contributed by atoms with Crippen LogP contribution in [-0.2, 0) is 0 Å². The first kappa shape index (κ1) is 19.8. The number of benzene rings is 3. The van der Waals surface area contributed by atoms with Gasteiger partial charge in [-0.25, -0.2) is 4.98 Å². The molecule has 1 N–H and O–H groups in total. The van der Waals surface area contributed by atoms with E-state index in [1.807, 2.05) is 91.0 Å². The van der Waals surface area contributed by atoms with E-state index in [0.29, 0.717) is 11.3 Å². The van der Waals surface area contributed by atoms with Gasteiger partial charge in [-0.15, -0.1) is 5.11 Å². The highest BCUT2D eigenvalue weighted by Gasteiger charge is 2.15. The highest BCUT2D eigenvalue weighted by atomic mass is 16.5. The molecule has 4 aromatic rings. The number of pyridine rings is 1. The second-order valence-electron chi connectivity index (χ2n) is 6.64. The summed E-state index contributed by atoms with van der Waals surface area (Å²) in [5, 5.41) is 18.2. The Morgan fingerprint density at radius 1 is 0.871 bits per heavy atom. The van der Waals surface area contributed by atoms with E-state index in [4.69, 9.17) is 4.74 Å². The molecule has 1 heterocycles. The Hall–Kier alpha value is -4.50. The fourth-order valence-corrected chi connectivity index (χ4v) is 3.11. The third kappa shape index (κ3) is 4.57. The van der Waals surface area contributed by atoms with E-state index in [1.54, 1.807) is 7.11 Å². The van der Waals surface area contributed by atoms with Crippen LogP contribution in [0.15, 0.2) is 101 Å². The number of rotatable bonds is 6. The number of nitrogens with zero attached hydrogens (tertiary/aromatic N) is 4. The Bertz CT molecular complexity index is 1230. The van der Waals surface area contributed by atoms with E-state index in [2.05, 4.69) is 26.8 Å². The number of anilines is 1. The maximum Gasteiger partial charge on any atom is 0.195 e. The first-order chi connectivity index (χ1) is 15.3. The van der Waals surface area contributed by atoms with Gasteiger partial charge in [-0.3, -0.25) is 5.43 Å². The lowest BCUT2D eigenvalue weighted by Gasteiger charge is -2.10. The zero-order chi connectivity index (χ0) is 21.5. The van der Waals surface area contributed by atoms with Gasteiger partial charge >= 0.3 is 0 Å². The molecule has 0 saturated carbocycles. The van der Waals surface area contributed by atoms with Gasteiger partial charge in [0, 0.05) is 11.1 Å². The molecule has 0 aliphatic carbocycles. The maximum absolute atomic E-state index is 9.90. The maximum atomic E-state index is 9.90. The molecule has 1 aromatic heterocycles. The molecule has 0 amide bonds. The molecule has 3 aromatic carbocycles. The quantitative estimate of drug-likeness (QED) is 0.297. The molecule has 6 nitrogen and oxygen atoms in total. The van der Waals surface area contributed by atoms with Crippen LogP contribution in [0.2, 0.25) is 0 Å². The molecule has 150 valence electrons. The number of aromatic nitrogens is 1. The number of methoxy groups -OCH3 is 1. The molecule has 0 saturated heterocycles. The summed E-state index contributed by atoms with van der Waals surface area (Å²) in [4.78, 5) is 4.62. The van der Waals surface area contributed by atoms with E-state index in [1.165, 1.54) is 0 Å². The molecule has 0 aliphatic heterocycles. The Labute approximate surface area is 180 Å². The second kappa shape index (κ2) is 9.33. The summed E-state index contributed by atoms with van der Waals surface area (Å²) in [5.41, 5.74) is 7.24. The van der Waals surface area contributed by atoms with Crippen molar-refractivity contribution in [3.8, 4) is 34.2 Å². The molecular weight excluding hydrogens is 386 g/mol. The minimum atomic E-state index is 0.248. The van der Waals surface area contributed by atoms with Crippen molar-refractivity contribution < 1.29 is 4.74 Å². The van der Waals surface area contributed by atoms with Gasteiger partial charge in [0.15, 0.2) is 5.82 Å². The number of hydrogen-bond donors (Lipinski definition) is 1. The zero-order valence-electron chi connectivity index (χ0n) is 16.9. The topological polar surface area (TPSA) is 82.7 Å². The van der Waals surface area contributed by atoms with Crippen molar-refractivity contribution >= 4 is 11.5 Å². The van der Waals surface area contributed by atoms with E-state index in [-0.39, 0.29) is 5.82 Å². The van der Waals surface area contributed by atoms with Crippen LogP contribution >= 0.6 is 0 Å². The van der Waals surface area contributed by atoms with Gasteiger partial charge in [-0.05, 0) is 35.9 Å². The van der Waals surface area contributed by atoms with E-state index < -0.39 is 0 Å². The number of ether oxygens (including phenoxy) is 1. The summed E-state index contributed by atoms with van der Waals surface area (Å²) in [6.07, 6.45) is 0. The SMILES string of the molecule is COc1ccc(-c2cc(-c3ccccc3)nc(N=NNc3ccccc3)c2C#N)cc1. The van der Waals surface area contributed by atoms with Gasteiger partial charge in [-0.1, -0.05) is 65.9 Å². The van der Waals surface area contributed by atoms with Crippen LogP contribution in [0.25, 0.3) is 22.4 Å². The summed E-state index contributed by atoms with van der Waals surface area (Å²) in [6, 6.07) is 30.9. The van der Waals surface area contributed by atoms with Crippen molar-refractivity contribution in [1.29, 1.82) is 5.26 Å². The molecule has 0 bridgehead atoms. The fourth-order valence-electron chi connectivity index (χ4n) is 3.11. The average molecular weight is 405 g/mol. The lowest BCUT2D eigenvalue weighted by atomic mass is 9.98. The predicted molar refractivity (Wildman–Crippen MR) is 121 cm³/mol. The molecule has 4 rings (SSSR count). The van der Waals surface area contributed by atoms with Crippen LogP contribution in [0, 0.1) is 11.3 Å². The van der Waals surface area contributed by atoms with Crippen LogP contribution in [0.1, 0.15) is 5.56 Å². The third-order valence-electron chi connectivity index (χ3n) is 4.68. The predicted octanol–water partition coefficient (Wildman–Crippen LogP) is 6.41. The van der Waals surface area contributed by atoms with E-state index in [9.17, 15) is 5.26 Å². The van der Waals surface area contributed by atoms with E-state index in [0.717, 1.165) is 28.1 Å². The standard InChI is InChI=1S/C25H19N5O/c1-31-21-14-12-18(13-15-21)22-16-24(19-8-4-2-5-9-19)27-25(23(22)17-26)29-30-28-20-10-6-3-7-11-20/h2-16H,1H3,(H,27,28,29). The molecule has 0 radical (unpaired) electrons. The highest BCUT2D eigenvalue weighted by molar-refractivity contribution is 5.80. The summed E-state index contributed by atoms with van der Waals surface area (Å²) in [5.74, 6) is 0.990. The number of nitrogens with one attached hydrogen (secondary N) is 1. The monoisotopic (exact) mass is 405 g/mol. The second-order valence-corrected chi connectivity index (χ2v) is 6.64. The summed E-state index contributed by atoms with van der Waals surface area (Å²) in [7, 11) is 1.62. The minimum absolute atomic E-state index is 0.248. The molecule has 0 aliphatic rings. The highest BCUT2D eigenvalue weighted by Crippen LogP contribution is 2.34. The fraction of sp³-hybridized carbons (Fsp3) is 0.0400. The van der Waals surface area contributed by atoms with Crippen LogP contribution in [0.4, 0.5) is 11.5 Å². The largest absolute Gasteiger partial charge is 0.497 e. The van der Waals surface area contributed by atoms with Crippen molar-refractivity contribution in [2.24, 2.45) is 10.3 Å². The Balaban J connectivity index is 1.81. The molecule has 0 spiro atoms. The molecule has 31 heavy (non-hydrogen) atoms. The van der Waals surface area contributed by atoms with Crippen molar-refractivity contribution in [3.63, 3.8) is 0 Å². The summed E-state index contributed by atoms with van der Waals surface area (Å²) in [6.45, 7) is 0. The van der Waals surface area contributed by atoms with Crippen LogP contribution < -0.4 is 10.2 Å². The smallest absolute Gasteiger partial charge is 0.195 e. The minimum Gasteiger partial charge on any atom is -0.497 e. The van der Waals surface area contributed by atoms with Crippen LogP contribution in [-0.4, -0.2) is 12.1 Å². The Kier molecular flexibility index (Phi) is 5.96.